The fraction of sp³-hybridized carbons (Fsp3) is 0.857. The summed E-state index contributed by atoms with van der Waals surface area (Å²) in [5.41, 5.74) is 0. The topological polar surface area (TPSA) is 52.8 Å². The van der Waals surface area contributed by atoms with E-state index in [1.54, 1.807) is 0 Å². The first-order valence-corrected chi connectivity index (χ1v) is 5.46. The van der Waals surface area contributed by atoms with Crippen molar-refractivity contribution in [3.63, 3.8) is 0 Å². The van der Waals surface area contributed by atoms with Crippen LogP contribution in [0.25, 0.3) is 0 Å². The molecule has 1 heterocycles. The van der Waals surface area contributed by atoms with Gasteiger partial charge in [-0.3, -0.25) is 14.1 Å². The molecule has 0 saturated heterocycles. The Kier molecular flexibility index (Phi) is 2.66. The van der Waals surface area contributed by atoms with Crippen LogP contribution in [0.5, 0.6) is 0 Å². The molecule has 2 N–H and O–H groups in total. The van der Waals surface area contributed by atoms with Gasteiger partial charge in [0.05, 0.1) is 11.3 Å². The maximum Gasteiger partial charge on any atom is 0.260 e. The third kappa shape index (κ3) is 1.70. The lowest BCUT2D eigenvalue weighted by molar-refractivity contribution is 0.138. The van der Waals surface area contributed by atoms with E-state index < -0.39 is 27.0 Å². The summed E-state index contributed by atoms with van der Waals surface area (Å²) in [5.74, 6) is 0. The normalized spacial score (nSPS) is 33.3. The van der Waals surface area contributed by atoms with Crippen molar-refractivity contribution >= 4 is 16.8 Å². The number of hydrogen-bond donors (Lipinski definition) is 2. The first-order valence-electron chi connectivity index (χ1n) is 3.85. The zero-order valence-electron chi connectivity index (χ0n) is 7.44. The van der Waals surface area contributed by atoms with Gasteiger partial charge >= 0.3 is 0 Å². The van der Waals surface area contributed by atoms with Crippen molar-refractivity contribution in [2.75, 3.05) is 6.54 Å². The highest BCUT2D eigenvalue weighted by atomic mass is 32.3. The van der Waals surface area contributed by atoms with Crippen LogP contribution < -0.4 is 0 Å². The van der Waals surface area contributed by atoms with E-state index in [2.05, 4.69) is 4.99 Å². The van der Waals surface area contributed by atoms with Crippen molar-refractivity contribution in [3.8, 4) is 0 Å². The van der Waals surface area contributed by atoms with Gasteiger partial charge in [-0.25, -0.2) is 8.78 Å². The van der Waals surface area contributed by atoms with Crippen molar-refractivity contribution in [1.82, 2.24) is 0 Å². The largest absolute Gasteiger partial charge is 0.298 e. The lowest BCUT2D eigenvalue weighted by Gasteiger charge is -2.50. The molecule has 3 nitrogen and oxygen atoms in total. The van der Waals surface area contributed by atoms with Crippen LogP contribution in [0, 0.1) is 0 Å². The molecule has 0 fully saturated rings. The standard InChI is InChI=1S/C7H13F2NO2S/c1-7(2)4-10-3-5(6(8)9)13(7,11)12/h4-6,11-12H,3H2,1-2H3. The predicted octanol–water partition coefficient (Wildman–Crippen LogP) is 2.23. The van der Waals surface area contributed by atoms with Gasteiger partial charge in [0.1, 0.15) is 5.25 Å². The average Bonchev–Trinajstić information content (AvgIpc) is 1.94. The minimum atomic E-state index is -3.30. The van der Waals surface area contributed by atoms with E-state index in [9.17, 15) is 17.9 Å². The number of hydrogen-bond acceptors (Lipinski definition) is 3. The third-order valence-corrected chi connectivity index (χ3v) is 5.02. The van der Waals surface area contributed by atoms with Gasteiger partial charge in [0, 0.05) is 6.21 Å². The Hall–Kier alpha value is -0.200. The number of aliphatic imine (C=N–C) groups is 1. The molecule has 1 aliphatic heterocycles. The van der Waals surface area contributed by atoms with E-state index in [0.717, 1.165) is 0 Å². The van der Waals surface area contributed by atoms with E-state index >= 15 is 0 Å². The highest BCUT2D eigenvalue weighted by molar-refractivity contribution is 8.26. The second-order valence-corrected chi connectivity index (χ2v) is 6.41. The Morgan fingerprint density at radius 1 is 1.54 bits per heavy atom. The SMILES string of the molecule is CC1(C)C=NCC(C(F)F)S1(O)O. The maximum atomic E-state index is 12.4. The highest BCUT2D eigenvalue weighted by Gasteiger charge is 2.46. The molecule has 6 heteroatoms. The van der Waals surface area contributed by atoms with Crippen molar-refractivity contribution in [3.05, 3.63) is 0 Å². The minimum Gasteiger partial charge on any atom is -0.298 e. The molecule has 1 rings (SSSR count). The monoisotopic (exact) mass is 213 g/mol. The summed E-state index contributed by atoms with van der Waals surface area (Å²) in [6, 6.07) is 0. The molecule has 78 valence electrons. The molecule has 0 aliphatic carbocycles. The van der Waals surface area contributed by atoms with E-state index in [0.29, 0.717) is 0 Å². The highest BCUT2D eigenvalue weighted by Crippen LogP contribution is 2.58. The van der Waals surface area contributed by atoms with Gasteiger partial charge in [-0.1, -0.05) is 0 Å². The minimum absolute atomic E-state index is 0.205. The fourth-order valence-electron chi connectivity index (χ4n) is 1.17. The van der Waals surface area contributed by atoms with Crippen LogP contribution in [0.15, 0.2) is 4.99 Å². The summed E-state index contributed by atoms with van der Waals surface area (Å²) >= 11 is 0. The average molecular weight is 213 g/mol. The second-order valence-electron chi connectivity index (χ2n) is 3.56. The molecule has 0 bridgehead atoms. The molecule has 0 spiro atoms. The summed E-state index contributed by atoms with van der Waals surface area (Å²) in [6.07, 6.45) is -1.39. The molecule has 0 radical (unpaired) electrons. The molecule has 1 aliphatic rings. The molecule has 0 aromatic rings. The number of rotatable bonds is 1. The van der Waals surface area contributed by atoms with E-state index in [-0.39, 0.29) is 6.54 Å². The summed E-state index contributed by atoms with van der Waals surface area (Å²) in [5, 5.41) is -1.42. The molecular formula is C7H13F2NO2S. The lowest BCUT2D eigenvalue weighted by atomic mass is 10.2. The number of nitrogens with zero attached hydrogens (tertiary/aromatic N) is 1. The zero-order chi connectivity index (χ0) is 10.3. The molecule has 1 atom stereocenters. The maximum absolute atomic E-state index is 12.4. The summed E-state index contributed by atoms with van der Waals surface area (Å²) in [6.45, 7) is 2.80. The van der Waals surface area contributed by atoms with E-state index in [1.165, 1.54) is 20.1 Å². The van der Waals surface area contributed by atoms with Gasteiger partial charge in [0.2, 0.25) is 0 Å². The lowest BCUT2D eigenvalue weighted by Crippen LogP contribution is -2.44. The van der Waals surface area contributed by atoms with Crippen LogP contribution >= 0.6 is 10.6 Å². The van der Waals surface area contributed by atoms with Gasteiger partial charge in [-0.15, -0.1) is 0 Å². The molecule has 13 heavy (non-hydrogen) atoms. The van der Waals surface area contributed by atoms with Crippen molar-refractivity contribution in [1.29, 1.82) is 0 Å². The Balaban J connectivity index is 2.99. The Labute approximate surface area is 77.2 Å². The predicted molar refractivity (Wildman–Crippen MR) is 50.1 cm³/mol. The second kappa shape index (κ2) is 3.18. The van der Waals surface area contributed by atoms with Crippen LogP contribution in [-0.2, 0) is 0 Å². The van der Waals surface area contributed by atoms with Crippen molar-refractivity contribution < 1.29 is 17.9 Å². The quantitative estimate of drug-likeness (QED) is 0.701. The van der Waals surface area contributed by atoms with E-state index in [1.807, 2.05) is 0 Å². The molecule has 1 unspecified atom stereocenters. The first-order chi connectivity index (χ1) is 5.79. The zero-order valence-corrected chi connectivity index (χ0v) is 8.26. The van der Waals surface area contributed by atoms with Gasteiger partial charge < -0.3 is 0 Å². The number of alkyl halides is 2. The number of halogens is 2. The van der Waals surface area contributed by atoms with Gasteiger partial charge in [-0.05, 0) is 13.8 Å². The molecule has 0 aromatic heterocycles. The summed E-state index contributed by atoms with van der Waals surface area (Å²) in [7, 11) is -3.30. The fourth-order valence-corrected chi connectivity index (χ4v) is 2.76. The van der Waals surface area contributed by atoms with Crippen LogP contribution in [0.4, 0.5) is 8.78 Å². The van der Waals surface area contributed by atoms with Crippen LogP contribution in [0.3, 0.4) is 0 Å². The van der Waals surface area contributed by atoms with Crippen molar-refractivity contribution in [2.24, 2.45) is 4.99 Å². The van der Waals surface area contributed by atoms with Gasteiger partial charge in [-0.2, -0.15) is 10.6 Å². The molecule has 0 saturated carbocycles. The van der Waals surface area contributed by atoms with E-state index in [4.69, 9.17) is 0 Å². The first kappa shape index (κ1) is 10.9. The van der Waals surface area contributed by atoms with Gasteiger partial charge in [0.25, 0.3) is 6.43 Å². The van der Waals surface area contributed by atoms with Crippen LogP contribution in [-0.4, -0.2) is 38.3 Å². The Morgan fingerprint density at radius 2 is 2.08 bits per heavy atom. The third-order valence-electron chi connectivity index (χ3n) is 2.17. The van der Waals surface area contributed by atoms with Crippen molar-refractivity contribution in [2.45, 2.75) is 30.3 Å². The Bertz CT molecular complexity index is 231. The molecular weight excluding hydrogens is 200 g/mol. The summed E-state index contributed by atoms with van der Waals surface area (Å²) in [4.78, 5) is 3.72. The molecule has 0 aromatic carbocycles. The molecule has 0 amide bonds. The van der Waals surface area contributed by atoms with Crippen LogP contribution in [0.2, 0.25) is 0 Å². The Morgan fingerprint density at radius 3 is 2.46 bits per heavy atom. The summed E-state index contributed by atoms with van der Waals surface area (Å²) < 4.78 is 42.9. The van der Waals surface area contributed by atoms with Gasteiger partial charge in [0.15, 0.2) is 0 Å². The smallest absolute Gasteiger partial charge is 0.260 e. The van der Waals surface area contributed by atoms with Crippen LogP contribution in [0.1, 0.15) is 13.8 Å².